The van der Waals surface area contributed by atoms with Crippen LogP contribution in [0.5, 0.6) is 0 Å². The van der Waals surface area contributed by atoms with Crippen LogP contribution in [-0.2, 0) is 0 Å². The third kappa shape index (κ3) is 3.55. The summed E-state index contributed by atoms with van der Waals surface area (Å²) in [5, 5.41) is 0. The lowest BCUT2D eigenvalue weighted by Gasteiger charge is -2.15. The summed E-state index contributed by atoms with van der Waals surface area (Å²) in [6, 6.07) is 31.6. The molecule has 0 amide bonds. The van der Waals surface area contributed by atoms with Gasteiger partial charge in [0.1, 0.15) is 0 Å². The zero-order valence-electron chi connectivity index (χ0n) is 12.2. The molecule has 0 bridgehead atoms. The second-order valence-corrected chi connectivity index (χ2v) is 6.03. The van der Waals surface area contributed by atoms with Gasteiger partial charge in [-0.1, -0.05) is 113 Å². The maximum atomic E-state index is 3.74. The molecule has 22 heavy (non-hydrogen) atoms. The van der Waals surface area contributed by atoms with Crippen LogP contribution in [0.1, 0.15) is 22.6 Å². The Morgan fingerprint density at radius 3 is 1.50 bits per heavy atom. The van der Waals surface area contributed by atoms with Crippen molar-refractivity contribution in [2.45, 2.75) is 5.92 Å². The van der Waals surface area contributed by atoms with Crippen molar-refractivity contribution in [1.29, 1.82) is 0 Å². The first-order valence-electron chi connectivity index (χ1n) is 7.37. The smallest absolute Gasteiger partial charge is 0.0283 e. The fourth-order valence-corrected chi connectivity index (χ4v) is 3.07. The highest BCUT2D eigenvalue weighted by molar-refractivity contribution is 9.15. The molecule has 108 valence electrons. The Morgan fingerprint density at radius 2 is 1.05 bits per heavy atom. The lowest BCUT2D eigenvalue weighted by atomic mass is 9.90. The van der Waals surface area contributed by atoms with Gasteiger partial charge in [0.15, 0.2) is 0 Å². The van der Waals surface area contributed by atoms with E-state index in [1.807, 2.05) is 6.07 Å². The Balaban J connectivity index is 2.03. The first-order chi connectivity index (χ1) is 10.8. The topological polar surface area (TPSA) is 0 Å². The second-order valence-electron chi connectivity index (χ2n) is 5.18. The van der Waals surface area contributed by atoms with E-state index in [4.69, 9.17) is 0 Å². The van der Waals surface area contributed by atoms with Crippen LogP contribution in [0.25, 0.3) is 4.48 Å². The van der Waals surface area contributed by atoms with Gasteiger partial charge in [-0.2, -0.15) is 0 Å². The monoisotopic (exact) mass is 348 g/mol. The number of halogens is 1. The normalized spacial score (nSPS) is 11.6. The van der Waals surface area contributed by atoms with Crippen molar-refractivity contribution in [3.63, 3.8) is 0 Å². The Kier molecular flexibility index (Phi) is 4.87. The van der Waals surface area contributed by atoms with Crippen LogP contribution in [0.3, 0.4) is 0 Å². The summed E-state index contributed by atoms with van der Waals surface area (Å²) in [4.78, 5) is 0. The van der Waals surface area contributed by atoms with E-state index >= 15 is 0 Å². The van der Waals surface area contributed by atoms with Crippen LogP contribution in [0, 0.1) is 0 Å². The van der Waals surface area contributed by atoms with E-state index in [0.717, 1.165) is 4.48 Å². The van der Waals surface area contributed by atoms with Gasteiger partial charge < -0.3 is 0 Å². The largest absolute Gasteiger partial charge is 0.0622 e. The molecule has 0 saturated carbocycles. The molecular weight excluding hydrogens is 332 g/mol. The molecule has 0 aliphatic heterocycles. The molecule has 0 unspecified atom stereocenters. The number of hydrogen-bond donors (Lipinski definition) is 0. The molecule has 0 nitrogen and oxygen atoms in total. The maximum Gasteiger partial charge on any atom is 0.0283 e. The summed E-state index contributed by atoms with van der Waals surface area (Å²) in [7, 11) is 0. The minimum absolute atomic E-state index is 0.233. The Labute approximate surface area is 140 Å². The molecule has 0 radical (unpaired) electrons. The minimum Gasteiger partial charge on any atom is -0.0622 e. The van der Waals surface area contributed by atoms with Crippen molar-refractivity contribution < 1.29 is 0 Å². The third-order valence-corrected chi connectivity index (χ3v) is 4.40. The van der Waals surface area contributed by atoms with E-state index in [-0.39, 0.29) is 5.92 Å². The van der Waals surface area contributed by atoms with Crippen molar-refractivity contribution in [3.8, 4) is 0 Å². The molecule has 0 heterocycles. The van der Waals surface area contributed by atoms with Crippen LogP contribution in [0.4, 0.5) is 0 Å². The molecule has 1 heteroatoms. The Morgan fingerprint density at radius 1 is 0.636 bits per heavy atom. The average Bonchev–Trinajstić information content (AvgIpc) is 2.62. The average molecular weight is 349 g/mol. The van der Waals surface area contributed by atoms with Gasteiger partial charge in [0, 0.05) is 10.4 Å². The molecule has 0 saturated heterocycles. The highest BCUT2D eigenvalue weighted by Crippen LogP contribution is 2.31. The predicted octanol–water partition coefficient (Wildman–Crippen LogP) is 6.25. The Bertz CT molecular complexity index is 691. The standard InChI is InChI=1S/C21H17Br/c22-21(19-14-8-3-9-15-19)16-20(17-10-4-1-5-11-17)18-12-6-2-7-13-18/h1-16,20H/b21-16-. The zero-order valence-corrected chi connectivity index (χ0v) is 13.8. The SMILES string of the molecule is Br/C(=C\C(c1ccccc1)c1ccccc1)c1ccccc1. The molecule has 3 rings (SSSR count). The van der Waals surface area contributed by atoms with Crippen LogP contribution >= 0.6 is 15.9 Å². The highest BCUT2D eigenvalue weighted by atomic mass is 79.9. The van der Waals surface area contributed by atoms with Gasteiger partial charge in [-0.25, -0.2) is 0 Å². The summed E-state index contributed by atoms with van der Waals surface area (Å²) in [5.74, 6) is 0.233. The molecule has 3 aromatic carbocycles. The maximum absolute atomic E-state index is 3.74. The molecule has 0 N–H and O–H groups in total. The molecule has 0 aliphatic carbocycles. The van der Waals surface area contributed by atoms with Gasteiger partial charge in [-0.15, -0.1) is 0 Å². The lowest BCUT2D eigenvalue weighted by molar-refractivity contribution is 1.03. The van der Waals surface area contributed by atoms with Gasteiger partial charge in [0.2, 0.25) is 0 Å². The second kappa shape index (κ2) is 7.24. The minimum atomic E-state index is 0.233. The van der Waals surface area contributed by atoms with Crippen molar-refractivity contribution in [2.75, 3.05) is 0 Å². The van der Waals surface area contributed by atoms with Crippen LogP contribution in [0.15, 0.2) is 97.1 Å². The summed E-state index contributed by atoms with van der Waals surface area (Å²) >= 11 is 3.74. The number of allylic oxidation sites excluding steroid dienone is 1. The fourth-order valence-electron chi connectivity index (χ4n) is 2.55. The molecule has 0 aromatic heterocycles. The van der Waals surface area contributed by atoms with E-state index in [0.29, 0.717) is 0 Å². The summed E-state index contributed by atoms with van der Waals surface area (Å²) < 4.78 is 1.12. The predicted molar refractivity (Wildman–Crippen MR) is 98.1 cm³/mol. The van der Waals surface area contributed by atoms with Gasteiger partial charge in [0.05, 0.1) is 0 Å². The Hall–Kier alpha value is -2.12. The molecular formula is C21H17Br. The van der Waals surface area contributed by atoms with Gasteiger partial charge in [-0.05, 0) is 16.7 Å². The van der Waals surface area contributed by atoms with Crippen molar-refractivity contribution in [1.82, 2.24) is 0 Å². The van der Waals surface area contributed by atoms with E-state index in [2.05, 4.69) is 107 Å². The van der Waals surface area contributed by atoms with Crippen molar-refractivity contribution >= 4 is 20.4 Å². The molecule has 0 atom stereocenters. The molecule has 0 aliphatic rings. The van der Waals surface area contributed by atoms with Crippen molar-refractivity contribution in [3.05, 3.63) is 114 Å². The molecule has 0 spiro atoms. The lowest BCUT2D eigenvalue weighted by Crippen LogP contribution is -1.98. The molecule has 0 fully saturated rings. The molecule has 3 aromatic rings. The van der Waals surface area contributed by atoms with E-state index < -0.39 is 0 Å². The van der Waals surface area contributed by atoms with Crippen LogP contribution in [0.2, 0.25) is 0 Å². The number of hydrogen-bond acceptors (Lipinski definition) is 0. The summed E-state index contributed by atoms with van der Waals surface area (Å²) in [5.41, 5.74) is 3.78. The third-order valence-electron chi connectivity index (χ3n) is 3.68. The van der Waals surface area contributed by atoms with Crippen LogP contribution in [-0.4, -0.2) is 0 Å². The van der Waals surface area contributed by atoms with Gasteiger partial charge in [-0.3, -0.25) is 0 Å². The number of rotatable bonds is 4. The quantitative estimate of drug-likeness (QED) is 0.522. The summed E-state index contributed by atoms with van der Waals surface area (Å²) in [6.07, 6.45) is 2.28. The van der Waals surface area contributed by atoms with E-state index in [1.54, 1.807) is 0 Å². The first kappa shape index (κ1) is 14.8. The van der Waals surface area contributed by atoms with Crippen molar-refractivity contribution in [2.24, 2.45) is 0 Å². The van der Waals surface area contributed by atoms with E-state index in [1.165, 1.54) is 16.7 Å². The van der Waals surface area contributed by atoms with Gasteiger partial charge >= 0.3 is 0 Å². The number of benzene rings is 3. The highest BCUT2D eigenvalue weighted by Gasteiger charge is 2.12. The van der Waals surface area contributed by atoms with Crippen LogP contribution < -0.4 is 0 Å². The zero-order chi connectivity index (χ0) is 15.2. The summed E-state index contributed by atoms with van der Waals surface area (Å²) in [6.45, 7) is 0. The fraction of sp³-hybridized carbons (Fsp3) is 0.0476. The van der Waals surface area contributed by atoms with E-state index in [9.17, 15) is 0 Å². The first-order valence-corrected chi connectivity index (χ1v) is 8.16. The van der Waals surface area contributed by atoms with Gasteiger partial charge in [0.25, 0.3) is 0 Å².